The molecular formula is C23H36N4O4. The molecule has 3 amide bonds. The van der Waals surface area contributed by atoms with E-state index in [0.717, 1.165) is 62.4 Å². The molecule has 1 heterocycles. The number of nitrogens with zero attached hydrogens (tertiary/aromatic N) is 1. The van der Waals surface area contributed by atoms with Crippen LogP contribution < -0.4 is 25.4 Å². The number of hydrogen-bond donors (Lipinski definition) is 3. The SMILES string of the molecule is COc1cc(NC2CCN(CC(=O)NC(=O)N[C@@H]3CCCC[C@H]3C)CC2)cc(OC)c1. The molecule has 0 spiro atoms. The minimum Gasteiger partial charge on any atom is -0.497 e. The van der Waals surface area contributed by atoms with Gasteiger partial charge in [-0.25, -0.2) is 4.79 Å². The van der Waals surface area contributed by atoms with Crippen LogP contribution in [0.4, 0.5) is 10.5 Å². The van der Waals surface area contributed by atoms with Crippen molar-refractivity contribution in [3.8, 4) is 11.5 Å². The van der Waals surface area contributed by atoms with Crippen molar-refractivity contribution >= 4 is 17.6 Å². The molecule has 8 nitrogen and oxygen atoms in total. The number of anilines is 1. The van der Waals surface area contributed by atoms with E-state index in [0.29, 0.717) is 12.0 Å². The van der Waals surface area contributed by atoms with Crippen molar-refractivity contribution in [1.82, 2.24) is 15.5 Å². The van der Waals surface area contributed by atoms with Crippen molar-refractivity contribution in [1.29, 1.82) is 0 Å². The smallest absolute Gasteiger partial charge is 0.321 e. The largest absolute Gasteiger partial charge is 0.497 e. The second-order valence-corrected chi connectivity index (χ2v) is 8.69. The number of rotatable bonds is 7. The standard InChI is InChI=1S/C23H36N4O4/c1-16-6-4-5-7-21(16)25-23(29)26-22(28)15-27-10-8-17(9-11-27)24-18-12-19(30-2)14-20(13-18)31-3/h12-14,16-17,21,24H,4-11,15H2,1-3H3,(H2,25,26,28,29)/t16-,21-/m1/s1. The molecule has 0 aromatic heterocycles. The lowest BCUT2D eigenvalue weighted by atomic mass is 9.86. The minimum atomic E-state index is -0.368. The van der Waals surface area contributed by atoms with Gasteiger partial charge in [-0.15, -0.1) is 0 Å². The van der Waals surface area contributed by atoms with Crippen molar-refractivity contribution in [2.24, 2.45) is 5.92 Å². The maximum absolute atomic E-state index is 12.3. The predicted molar refractivity (Wildman–Crippen MR) is 121 cm³/mol. The predicted octanol–water partition coefficient (Wildman–Crippen LogP) is 2.98. The van der Waals surface area contributed by atoms with E-state index >= 15 is 0 Å². The maximum atomic E-state index is 12.3. The van der Waals surface area contributed by atoms with Gasteiger partial charge in [0.15, 0.2) is 0 Å². The molecule has 2 aliphatic rings. The van der Waals surface area contributed by atoms with Crippen molar-refractivity contribution in [3.05, 3.63) is 18.2 Å². The number of carbonyl (C=O) groups excluding carboxylic acids is 2. The molecule has 0 bridgehead atoms. The molecule has 3 N–H and O–H groups in total. The number of piperidine rings is 1. The molecule has 172 valence electrons. The Hall–Kier alpha value is -2.48. The number of carbonyl (C=O) groups is 2. The summed E-state index contributed by atoms with van der Waals surface area (Å²) in [6.07, 6.45) is 6.30. The molecule has 3 rings (SSSR count). The van der Waals surface area contributed by atoms with Crippen LogP contribution in [0.2, 0.25) is 0 Å². The Kier molecular flexibility index (Phi) is 8.40. The topological polar surface area (TPSA) is 91.9 Å². The molecule has 1 aromatic carbocycles. The monoisotopic (exact) mass is 432 g/mol. The van der Waals surface area contributed by atoms with Crippen LogP contribution in [-0.4, -0.2) is 62.8 Å². The highest BCUT2D eigenvalue weighted by atomic mass is 16.5. The lowest BCUT2D eigenvalue weighted by Gasteiger charge is -2.32. The van der Waals surface area contributed by atoms with Crippen LogP contribution in [-0.2, 0) is 4.79 Å². The van der Waals surface area contributed by atoms with E-state index in [2.05, 4.69) is 27.8 Å². The Morgan fingerprint density at radius 3 is 2.26 bits per heavy atom. The number of urea groups is 1. The summed E-state index contributed by atoms with van der Waals surface area (Å²) in [5, 5.41) is 9.00. The number of benzene rings is 1. The molecule has 2 fully saturated rings. The minimum absolute atomic E-state index is 0.165. The molecule has 1 aromatic rings. The van der Waals surface area contributed by atoms with Crippen molar-refractivity contribution in [2.45, 2.75) is 57.5 Å². The number of likely N-dealkylation sites (tertiary alicyclic amines) is 1. The first-order chi connectivity index (χ1) is 15.0. The third-order valence-electron chi connectivity index (χ3n) is 6.36. The van der Waals surface area contributed by atoms with Crippen LogP contribution >= 0.6 is 0 Å². The van der Waals surface area contributed by atoms with E-state index in [-0.39, 0.29) is 24.5 Å². The molecule has 1 saturated carbocycles. The zero-order valence-electron chi connectivity index (χ0n) is 18.9. The molecular weight excluding hydrogens is 396 g/mol. The van der Waals surface area contributed by atoms with Crippen molar-refractivity contribution in [2.75, 3.05) is 39.2 Å². The summed E-state index contributed by atoms with van der Waals surface area (Å²) >= 11 is 0. The Bertz CT molecular complexity index is 727. The summed E-state index contributed by atoms with van der Waals surface area (Å²) in [5.41, 5.74) is 0.959. The summed E-state index contributed by atoms with van der Waals surface area (Å²) < 4.78 is 10.7. The van der Waals surface area contributed by atoms with Gasteiger partial charge in [0.1, 0.15) is 11.5 Å². The third kappa shape index (κ3) is 7.02. The van der Waals surface area contributed by atoms with Gasteiger partial charge in [-0.1, -0.05) is 19.8 Å². The summed E-state index contributed by atoms with van der Waals surface area (Å²) in [6, 6.07) is 5.86. The first kappa shape index (κ1) is 23.2. The average molecular weight is 433 g/mol. The quantitative estimate of drug-likeness (QED) is 0.614. The second-order valence-electron chi connectivity index (χ2n) is 8.69. The van der Waals surface area contributed by atoms with Gasteiger partial charge in [-0.3, -0.25) is 15.0 Å². The summed E-state index contributed by atoms with van der Waals surface area (Å²) in [7, 11) is 3.27. The number of methoxy groups -OCH3 is 2. The molecule has 31 heavy (non-hydrogen) atoms. The van der Waals surface area contributed by atoms with Gasteiger partial charge in [-0.05, 0) is 31.6 Å². The molecule has 2 atom stereocenters. The molecule has 0 unspecified atom stereocenters. The number of ether oxygens (including phenoxy) is 2. The fourth-order valence-corrected chi connectivity index (χ4v) is 4.47. The lowest BCUT2D eigenvalue weighted by Crippen LogP contribution is -2.51. The first-order valence-electron chi connectivity index (χ1n) is 11.3. The fourth-order valence-electron chi connectivity index (χ4n) is 4.47. The molecule has 1 saturated heterocycles. The van der Waals surface area contributed by atoms with Gasteiger partial charge in [-0.2, -0.15) is 0 Å². The molecule has 8 heteroatoms. The van der Waals surface area contributed by atoms with Crippen LogP contribution in [0.3, 0.4) is 0 Å². The van der Waals surface area contributed by atoms with Crippen molar-refractivity contribution in [3.63, 3.8) is 0 Å². The number of hydrogen-bond acceptors (Lipinski definition) is 6. The average Bonchev–Trinajstić information content (AvgIpc) is 2.76. The van der Waals surface area contributed by atoms with Gasteiger partial charge in [0, 0.05) is 49.1 Å². The van der Waals surface area contributed by atoms with Gasteiger partial charge in [0.2, 0.25) is 5.91 Å². The van der Waals surface area contributed by atoms with E-state index < -0.39 is 0 Å². The third-order valence-corrected chi connectivity index (χ3v) is 6.36. The van der Waals surface area contributed by atoms with Crippen molar-refractivity contribution < 1.29 is 19.1 Å². The zero-order chi connectivity index (χ0) is 22.2. The highest BCUT2D eigenvalue weighted by Gasteiger charge is 2.25. The Balaban J connectivity index is 1.39. The van der Waals surface area contributed by atoms with E-state index in [1.807, 2.05) is 18.2 Å². The molecule has 0 radical (unpaired) electrons. The Labute approximate surface area is 185 Å². The van der Waals surface area contributed by atoms with Crippen LogP contribution in [0.15, 0.2) is 18.2 Å². The Morgan fingerprint density at radius 1 is 1.00 bits per heavy atom. The number of imide groups is 1. The summed E-state index contributed by atoms with van der Waals surface area (Å²) in [4.78, 5) is 26.6. The van der Waals surface area contributed by atoms with Gasteiger partial charge in [0.05, 0.1) is 20.8 Å². The highest BCUT2D eigenvalue weighted by Crippen LogP contribution is 2.27. The molecule has 1 aliphatic heterocycles. The first-order valence-corrected chi connectivity index (χ1v) is 11.3. The fraction of sp³-hybridized carbons (Fsp3) is 0.652. The van der Waals surface area contributed by atoms with E-state index in [1.165, 1.54) is 6.42 Å². The highest BCUT2D eigenvalue weighted by molar-refractivity contribution is 5.95. The lowest BCUT2D eigenvalue weighted by molar-refractivity contribution is -0.121. The molecule has 1 aliphatic carbocycles. The van der Waals surface area contributed by atoms with Gasteiger partial charge in [0.25, 0.3) is 0 Å². The summed E-state index contributed by atoms with van der Waals surface area (Å²) in [5.74, 6) is 1.71. The number of amides is 3. The maximum Gasteiger partial charge on any atom is 0.321 e. The Morgan fingerprint density at radius 2 is 1.65 bits per heavy atom. The van der Waals surface area contributed by atoms with Gasteiger partial charge < -0.3 is 20.1 Å². The van der Waals surface area contributed by atoms with E-state index in [9.17, 15) is 9.59 Å². The van der Waals surface area contributed by atoms with Crippen LogP contribution in [0, 0.1) is 5.92 Å². The van der Waals surface area contributed by atoms with Crippen LogP contribution in [0.5, 0.6) is 11.5 Å². The zero-order valence-corrected chi connectivity index (χ0v) is 18.9. The van der Waals surface area contributed by atoms with Gasteiger partial charge >= 0.3 is 6.03 Å². The summed E-state index contributed by atoms with van der Waals surface area (Å²) in [6.45, 7) is 4.00. The normalized spacial score (nSPS) is 22.4. The van der Waals surface area contributed by atoms with Crippen LogP contribution in [0.1, 0.15) is 45.4 Å². The van der Waals surface area contributed by atoms with Crippen LogP contribution in [0.25, 0.3) is 0 Å². The second kappa shape index (κ2) is 11.2. The van der Waals surface area contributed by atoms with E-state index in [4.69, 9.17) is 9.47 Å². The van der Waals surface area contributed by atoms with E-state index in [1.54, 1.807) is 14.2 Å². The number of nitrogens with one attached hydrogen (secondary N) is 3.